The maximum atomic E-state index is 12.4. The number of nitrogens with one attached hydrogen (secondary N) is 1. The predicted molar refractivity (Wildman–Crippen MR) is 94.2 cm³/mol. The smallest absolute Gasteiger partial charge is 0.255 e. The van der Waals surface area contributed by atoms with Crippen molar-refractivity contribution in [3.63, 3.8) is 0 Å². The van der Waals surface area contributed by atoms with Crippen LogP contribution in [0.15, 0.2) is 36.4 Å². The van der Waals surface area contributed by atoms with Crippen LogP contribution in [0.3, 0.4) is 0 Å². The van der Waals surface area contributed by atoms with Gasteiger partial charge in [-0.15, -0.1) is 0 Å². The Morgan fingerprint density at radius 2 is 1.95 bits per heavy atom. The van der Waals surface area contributed by atoms with Crippen LogP contribution in [0.5, 0.6) is 11.5 Å². The molecule has 1 aliphatic heterocycles. The molecule has 6 heteroatoms. The highest BCUT2D eigenvalue weighted by Crippen LogP contribution is 2.38. The largest absolute Gasteiger partial charge is 0.489 e. The Morgan fingerprint density at radius 3 is 2.77 bits per heavy atom. The molecule has 0 fully saturated rings. The molecule has 2 aromatic rings. The van der Waals surface area contributed by atoms with Crippen molar-refractivity contribution in [2.24, 2.45) is 0 Å². The van der Waals surface area contributed by atoms with E-state index in [-0.39, 0.29) is 5.91 Å². The summed E-state index contributed by atoms with van der Waals surface area (Å²) in [5.41, 5.74) is 1.20. The third kappa shape index (κ3) is 3.30. The van der Waals surface area contributed by atoms with E-state index < -0.39 is 0 Å². The molecule has 2 aromatic carbocycles. The number of anilines is 1. The minimum absolute atomic E-state index is 0.235. The first-order chi connectivity index (χ1) is 10.6. The lowest BCUT2D eigenvalue weighted by Gasteiger charge is -2.12. The number of para-hydroxylation sites is 1. The summed E-state index contributed by atoms with van der Waals surface area (Å²) in [5.74, 6) is 0.782. The molecule has 1 N–H and O–H groups in total. The van der Waals surface area contributed by atoms with Gasteiger partial charge in [0.15, 0.2) is 11.5 Å². The van der Waals surface area contributed by atoms with Crippen LogP contribution in [0.25, 0.3) is 0 Å². The van der Waals surface area contributed by atoms with Gasteiger partial charge in [-0.25, -0.2) is 0 Å². The van der Waals surface area contributed by atoms with Crippen molar-refractivity contribution < 1.29 is 14.3 Å². The second-order valence-electron chi connectivity index (χ2n) is 4.77. The van der Waals surface area contributed by atoms with E-state index in [1.165, 1.54) is 0 Å². The van der Waals surface area contributed by atoms with E-state index in [0.717, 1.165) is 15.7 Å². The van der Waals surface area contributed by atoms with Crippen molar-refractivity contribution in [3.05, 3.63) is 50.6 Å². The highest BCUT2D eigenvalue weighted by molar-refractivity contribution is 14.1. The minimum atomic E-state index is -0.235. The maximum absolute atomic E-state index is 12.4. The molecule has 22 heavy (non-hydrogen) atoms. The van der Waals surface area contributed by atoms with E-state index in [1.54, 1.807) is 12.1 Å². The number of carbonyl (C=O) groups is 1. The van der Waals surface area contributed by atoms with E-state index in [0.29, 0.717) is 35.3 Å². The third-order valence-corrected chi connectivity index (χ3v) is 4.41. The van der Waals surface area contributed by atoms with Crippen molar-refractivity contribution in [3.8, 4) is 11.5 Å². The molecular formula is C16H13ClINO3. The van der Waals surface area contributed by atoms with Crippen molar-refractivity contribution in [1.82, 2.24) is 0 Å². The fraction of sp³-hybridized carbons (Fsp3) is 0.188. The van der Waals surface area contributed by atoms with Crippen LogP contribution < -0.4 is 14.8 Å². The summed E-state index contributed by atoms with van der Waals surface area (Å²) in [7, 11) is 0. The highest BCUT2D eigenvalue weighted by Gasteiger charge is 2.18. The number of amides is 1. The summed E-state index contributed by atoms with van der Waals surface area (Å²) in [6.07, 6.45) is 0.786. The molecule has 114 valence electrons. The fourth-order valence-corrected chi connectivity index (χ4v) is 2.91. The second kappa shape index (κ2) is 6.75. The first kappa shape index (κ1) is 15.4. The molecule has 0 aliphatic carbocycles. The van der Waals surface area contributed by atoms with Crippen molar-refractivity contribution >= 4 is 45.8 Å². The zero-order valence-corrected chi connectivity index (χ0v) is 14.5. The number of rotatable bonds is 2. The lowest BCUT2D eigenvalue weighted by Crippen LogP contribution is -2.13. The molecule has 1 amide bonds. The van der Waals surface area contributed by atoms with Crippen LogP contribution in [0.1, 0.15) is 16.8 Å². The molecule has 0 radical (unpaired) electrons. The number of fused-ring (bicyclic) bond motifs is 1. The van der Waals surface area contributed by atoms with Crippen LogP contribution in [0.2, 0.25) is 5.02 Å². The molecule has 0 atom stereocenters. The minimum Gasteiger partial charge on any atom is -0.489 e. The Labute approximate surface area is 146 Å². The summed E-state index contributed by atoms with van der Waals surface area (Å²) in [4.78, 5) is 12.4. The standard InChI is InChI=1S/C16H13ClINO3/c17-11-8-10(9-14-15(11)22-7-3-6-21-14)16(20)19-13-5-2-1-4-12(13)18/h1-2,4-5,8-9H,3,6-7H2,(H,19,20). The predicted octanol–water partition coefficient (Wildman–Crippen LogP) is 4.36. The summed E-state index contributed by atoms with van der Waals surface area (Å²) in [5, 5.41) is 3.26. The lowest BCUT2D eigenvalue weighted by atomic mass is 10.1. The Morgan fingerprint density at radius 1 is 1.18 bits per heavy atom. The maximum Gasteiger partial charge on any atom is 0.255 e. The van der Waals surface area contributed by atoms with E-state index >= 15 is 0 Å². The van der Waals surface area contributed by atoms with Crippen molar-refractivity contribution in [2.45, 2.75) is 6.42 Å². The number of hydrogen-bond donors (Lipinski definition) is 1. The van der Waals surface area contributed by atoms with Crippen LogP contribution in [-0.4, -0.2) is 19.1 Å². The summed E-state index contributed by atoms with van der Waals surface area (Å²) in [6.45, 7) is 1.10. The van der Waals surface area contributed by atoms with E-state index in [4.69, 9.17) is 21.1 Å². The van der Waals surface area contributed by atoms with Crippen LogP contribution in [-0.2, 0) is 0 Å². The van der Waals surface area contributed by atoms with Gasteiger partial charge in [0.1, 0.15) is 0 Å². The monoisotopic (exact) mass is 429 g/mol. The zero-order chi connectivity index (χ0) is 15.5. The second-order valence-corrected chi connectivity index (χ2v) is 6.34. The molecule has 0 saturated carbocycles. The van der Waals surface area contributed by atoms with Gasteiger partial charge in [-0.2, -0.15) is 0 Å². The number of ether oxygens (including phenoxy) is 2. The molecule has 0 spiro atoms. The van der Waals surface area contributed by atoms with Gasteiger partial charge in [-0.3, -0.25) is 4.79 Å². The van der Waals surface area contributed by atoms with Gasteiger partial charge < -0.3 is 14.8 Å². The van der Waals surface area contributed by atoms with E-state index in [2.05, 4.69) is 27.9 Å². The zero-order valence-electron chi connectivity index (χ0n) is 11.6. The number of carbonyl (C=O) groups excluding carboxylic acids is 1. The SMILES string of the molecule is O=C(Nc1ccccc1I)c1cc(Cl)c2c(c1)OCCCO2. The summed E-state index contributed by atoms with van der Waals surface area (Å²) in [6, 6.07) is 10.8. The number of hydrogen-bond acceptors (Lipinski definition) is 3. The normalized spacial score (nSPS) is 13.4. The van der Waals surface area contributed by atoms with Crippen LogP contribution >= 0.6 is 34.2 Å². The van der Waals surface area contributed by atoms with Gasteiger partial charge in [0, 0.05) is 15.6 Å². The Balaban J connectivity index is 1.88. The highest BCUT2D eigenvalue weighted by atomic mass is 127. The van der Waals surface area contributed by atoms with Gasteiger partial charge in [0.05, 0.1) is 23.9 Å². The quantitative estimate of drug-likeness (QED) is 0.722. The van der Waals surface area contributed by atoms with Gasteiger partial charge in [-0.1, -0.05) is 23.7 Å². The summed E-state index contributed by atoms with van der Waals surface area (Å²) < 4.78 is 12.1. The topological polar surface area (TPSA) is 47.6 Å². The molecule has 4 nitrogen and oxygen atoms in total. The lowest BCUT2D eigenvalue weighted by molar-refractivity contribution is 0.102. The Bertz CT molecular complexity index is 721. The Hall–Kier alpha value is -1.47. The average molecular weight is 430 g/mol. The Kier molecular flexibility index (Phi) is 4.73. The molecule has 1 heterocycles. The van der Waals surface area contributed by atoms with Gasteiger partial charge in [-0.05, 0) is 46.9 Å². The van der Waals surface area contributed by atoms with Crippen molar-refractivity contribution in [1.29, 1.82) is 0 Å². The first-order valence-electron chi connectivity index (χ1n) is 6.80. The van der Waals surface area contributed by atoms with E-state index in [9.17, 15) is 4.79 Å². The van der Waals surface area contributed by atoms with Gasteiger partial charge >= 0.3 is 0 Å². The van der Waals surface area contributed by atoms with Gasteiger partial charge in [0.2, 0.25) is 0 Å². The molecule has 3 rings (SSSR count). The molecule has 1 aliphatic rings. The third-order valence-electron chi connectivity index (χ3n) is 3.19. The average Bonchev–Trinajstić information content (AvgIpc) is 2.75. The molecule has 0 unspecified atom stereocenters. The molecule has 0 bridgehead atoms. The fourth-order valence-electron chi connectivity index (χ4n) is 2.12. The van der Waals surface area contributed by atoms with Crippen LogP contribution in [0, 0.1) is 3.57 Å². The van der Waals surface area contributed by atoms with Gasteiger partial charge in [0.25, 0.3) is 5.91 Å². The summed E-state index contributed by atoms with van der Waals surface area (Å²) >= 11 is 8.39. The first-order valence-corrected chi connectivity index (χ1v) is 8.26. The molecule has 0 saturated heterocycles. The van der Waals surface area contributed by atoms with Crippen molar-refractivity contribution in [2.75, 3.05) is 18.5 Å². The number of benzene rings is 2. The van der Waals surface area contributed by atoms with E-state index in [1.807, 2.05) is 24.3 Å². The number of halogens is 2. The molecular weight excluding hydrogens is 417 g/mol. The molecule has 0 aromatic heterocycles. The van der Waals surface area contributed by atoms with Crippen LogP contribution in [0.4, 0.5) is 5.69 Å².